The molecule has 0 spiro atoms. The van der Waals surface area contributed by atoms with Crippen LogP contribution in [0.1, 0.15) is 43.6 Å². The lowest BCUT2D eigenvalue weighted by Crippen LogP contribution is -1.91. The molecule has 0 aliphatic heterocycles. The molecule has 0 saturated carbocycles. The van der Waals surface area contributed by atoms with Crippen molar-refractivity contribution in [3.05, 3.63) is 38.7 Å². The molecule has 3 heteroatoms. The zero-order valence-electron chi connectivity index (χ0n) is 11.1. The van der Waals surface area contributed by atoms with E-state index in [0.717, 1.165) is 10.4 Å². The predicted molar refractivity (Wildman–Crippen MR) is 83.0 cm³/mol. The molecule has 0 aliphatic rings. The van der Waals surface area contributed by atoms with E-state index in [1.165, 1.54) is 28.1 Å². The van der Waals surface area contributed by atoms with E-state index in [9.17, 15) is 0 Å². The predicted octanol–water partition coefficient (Wildman–Crippen LogP) is 5.55. The Labute approximate surface area is 118 Å². The van der Waals surface area contributed by atoms with E-state index in [1.54, 1.807) is 11.3 Å². The fourth-order valence-electron chi connectivity index (χ4n) is 2.06. The van der Waals surface area contributed by atoms with Gasteiger partial charge in [-0.25, -0.2) is 0 Å². The van der Waals surface area contributed by atoms with Crippen molar-refractivity contribution in [2.75, 3.05) is 0 Å². The molecule has 0 saturated heterocycles. The molecule has 0 aliphatic carbocycles. The molecule has 1 aromatic heterocycles. The summed E-state index contributed by atoms with van der Waals surface area (Å²) in [4.78, 5) is 4.65. The van der Waals surface area contributed by atoms with Gasteiger partial charge in [-0.3, -0.25) is 0 Å². The zero-order valence-corrected chi connectivity index (χ0v) is 12.8. The number of aryl methyl sites for hydroxylation is 1. The van der Waals surface area contributed by atoms with Gasteiger partial charge < -0.3 is 4.98 Å². The Morgan fingerprint density at radius 1 is 1.22 bits per heavy atom. The van der Waals surface area contributed by atoms with Crippen LogP contribution in [0.3, 0.4) is 0 Å². The van der Waals surface area contributed by atoms with Gasteiger partial charge in [0.1, 0.15) is 0 Å². The summed E-state index contributed by atoms with van der Waals surface area (Å²) in [7, 11) is 0. The van der Waals surface area contributed by atoms with E-state index in [1.807, 2.05) is 0 Å². The molecular formula is C15H19NS2. The van der Waals surface area contributed by atoms with Crippen molar-refractivity contribution in [3.8, 4) is 11.3 Å². The van der Waals surface area contributed by atoms with E-state index in [-0.39, 0.29) is 0 Å². The molecule has 2 rings (SSSR count). The van der Waals surface area contributed by atoms with E-state index in [0.29, 0.717) is 5.92 Å². The Kier molecular flexibility index (Phi) is 4.36. The number of rotatable bonds is 4. The van der Waals surface area contributed by atoms with E-state index >= 15 is 0 Å². The Bertz CT molecular complexity index is 563. The lowest BCUT2D eigenvalue weighted by Gasteiger charge is -2.09. The average molecular weight is 277 g/mol. The number of H-pyrrole nitrogens is 1. The topological polar surface area (TPSA) is 15.8 Å². The van der Waals surface area contributed by atoms with Gasteiger partial charge in [0, 0.05) is 4.88 Å². The number of hydrogen-bond donors (Lipinski definition) is 1. The van der Waals surface area contributed by atoms with Crippen LogP contribution in [0.5, 0.6) is 0 Å². The first kappa shape index (κ1) is 13.5. The summed E-state index contributed by atoms with van der Waals surface area (Å²) in [5.74, 6) is 0.630. The summed E-state index contributed by atoms with van der Waals surface area (Å²) < 4.78 is 0.868. The maximum Gasteiger partial charge on any atom is 0.159 e. The van der Waals surface area contributed by atoms with Crippen LogP contribution in [0.2, 0.25) is 0 Å². The standard InChI is InChI=1S/C15H19NS2/c1-4-10(3)11-6-8-12(9-7-11)14-13(5-2)18-15(17)16-14/h6-10H,4-5H2,1-3H3,(H,16,17). The van der Waals surface area contributed by atoms with Gasteiger partial charge in [0.2, 0.25) is 0 Å². The van der Waals surface area contributed by atoms with Crippen LogP contribution in [0.15, 0.2) is 24.3 Å². The van der Waals surface area contributed by atoms with Gasteiger partial charge in [-0.15, -0.1) is 11.3 Å². The smallest absolute Gasteiger partial charge is 0.159 e. The summed E-state index contributed by atoms with van der Waals surface area (Å²) in [6, 6.07) is 8.87. The molecule has 1 nitrogen and oxygen atoms in total. The van der Waals surface area contributed by atoms with Crippen LogP contribution < -0.4 is 0 Å². The molecule has 1 atom stereocenters. The summed E-state index contributed by atoms with van der Waals surface area (Å²) in [5.41, 5.74) is 3.85. The highest BCUT2D eigenvalue weighted by molar-refractivity contribution is 7.73. The third-order valence-electron chi connectivity index (χ3n) is 3.42. The normalized spacial score (nSPS) is 12.6. The van der Waals surface area contributed by atoms with Crippen LogP contribution in [0.4, 0.5) is 0 Å². The summed E-state index contributed by atoms with van der Waals surface area (Å²) >= 11 is 6.92. The molecule has 1 unspecified atom stereocenters. The van der Waals surface area contributed by atoms with Gasteiger partial charge in [0.25, 0.3) is 0 Å². The van der Waals surface area contributed by atoms with Crippen molar-refractivity contribution < 1.29 is 0 Å². The highest BCUT2D eigenvalue weighted by atomic mass is 32.1. The van der Waals surface area contributed by atoms with Crippen LogP contribution >= 0.6 is 23.6 Å². The van der Waals surface area contributed by atoms with Gasteiger partial charge in [-0.1, -0.05) is 45.0 Å². The Morgan fingerprint density at radius 2 is 1.89 bits per heavy atom. The van der Waals surface area contributed by atoms with Crippen molar-refractivity contribution in [2.45, 2.75) is 39.5 Å². The van der Waals surface area contributed by atoms with Crippen molar-refractivity contribution >= 4 is 23.6 Å². The van der Waals surface area contributed by atoms with Crippen molar-refractivity contribution in [2.24, 2.45) is 0 Å². The fourth-order valence-corrected chi connectivity index (χ4v) is 3.25. The Balaban J connectivity index is 2.37. The second kappa shape index (κ2) is 5.81. The number of benzene rings is 1. The van der Waals surface area contributed by atoms with Crippen LogP contribution in [0.25, 0.3) is 11.3 Å². The quantitative estimate of drug-likeness (QED) is 0.725. The maximum atomic E-state index is 5.24. The van der Waals surface area contributed by atoms with Crippen LogP contribution in [-0.2, 0) is 6.42 Å². The van der Waals surface area contributed by atoms with Gasteiger partial charge in [-0.2, -0.15) is 0 Å². The number of aromatic amines is 1. The molecule has 2 aromatic rings. The molecule has 1 aromatic carbocycles. The summed E-state index contributed by atoms with van der Waals surface area (Å²) in [6.45, 7) is 6.67. The lowest BCUT2D eigenvalue weighted by atomic mass is 9.97. The number of aromatic nitrogens is 1. The molecular weight excluding hydrogens is 258 g/mol. The monoisotopic (exact) mass is 277 g/mol. The number of nitrogens with one attached hydrogen (secondary N) is 1. The highest BCUT2D eigenvalue weighted by Gasteiger charge is 2.08. The molecule has 0 fully saturated rings. The van der Waals surface area contributed by atoms with E-state index in [4.69, 9.17) is 12.2 Å². The molecule has 0 amide bonds. The first-order valence-electron chi connectivity index (χ1n) is 6.48. The van der Waals surface area contributed by atoms with E-state index in [2.05, 4.69) is 50.0 Å². The second-order valence-electron chi connectivity index (χ2n) is 4.60. The minimum Gasteiger partial charge on any atom is -0.337 e. The number of thiazole rings is 1. The Morgan fingerprint density at radius 3 is 2.44 bits per heavy atom. The van der Waals surface area contributed by atoms with Crippen molar-refractivity contribution in [1.29, 1.82) is 0 Å². The summed E-state index contributed by atoms with van der Waals surface area (Å²) in [5, 5.41) is 0. The van der Waals surface area contributed by atoms with Gasteiger partial charge in [-0.05, 0) is 42.1 Å². The molecule has 0 radical (unpaired) electrons. The SMILES string of the molecule is CCc1sc(=S)[nH]c1-c1ccc(C(C)CC)cc1. The number of hydrogen-bond acceptors (Lipinski definition) is 2. The molecule has 96 valence electrons. The highest BCUT2D eigenvalue weighted by Crippen LogP contribution is 2.28. The van der Waals surface area contributed by atoms with Crippen LogP contribution in [-0.4, -0.2) is 4.98 Å². The largest absolute Gasteiger partial charge is 0.337 e. The zero-order chi connectivity index (χ0) is 13.1. The second-order valence-corrected chi connectivity index (χ2v) is 6.37. The van der Waals surface area contributed by atoms with Crippen LogP contribution in [0, 0.1) is 3.95 Å². The average Bonchev–Trinajstić information content (AvgIpc) is 2.79. The third kappa shape index (κ3) is 2.73. The van der Waals surface area contributed by atoms with Gasteiger partial charge in [0.15, 0.2) is 3.95 Å². The fraction of sp³-hybridized carbons (Fsp3) is 0.400. The minimum atomic E-state index is 0.630. The van der Waals surface area contributed by atoms with Crippen molar-refractivity contribution in [3.63, 3.8) is 0 Å². The third-order valence-corrected chi connectivity index (χ3v) is 4.80. The maximum absolute atomic E-state index is 5.24. The molecule has 18 heavy (non-hydrogen) atoms. The van der Waals surface area contributed by atoms with Gasteiger partial charge >= 0.3 is 0 Å². The molecule has 1 heterocycles. The molecule has 0 bridgehead atoms. The summed E-state index contributed by atoms with van der Waals surface area (Å²) in [6.07, 6.45) is 2.21. The van der Waals surface area contributed by atoms with Gasteiger partial charge in [0.05, 0.1) is 5.69 Å². The minimum absolute atomic E-state index is 0.630. The Hall–Kier alpha value is -0.930. The van der Waals surface area contributed by atoms with Crippen molar-refractivity contribution in [1.82, 2.24) is 4.98 Å². The first-order valence-corrected chi connectivity index (χ1v) is 7.70. The lowest BCUT2D eigenvalue weighted by molar-refractivity contribution is 0.734. The molecule has 1 N–H and O–H groups in total. The van der Waals surface area contributed by atoms with E-state index < -0.39 is 0 Å². The first-order chi connectivity index (χ1) is 8.65.